The summed E-state index contributed by atoms with van der Waals surface area (Å²) in [5.74, 6) is 1.20. The molecule has 0 atom stereocenters. The SMILES string of the molecule is COc1cccc(C(=O)Nc2nnc(CCOc3ccccc3)s2)c1. The molecule has 1 amide bonds. The number of nitrogens with one attached hydrogen (secondary N) is 1. The number of aromatic nitrogens is 2. The average Bonchev–Trinajstić information content (AvgIpc) is 3.10. The zero-order chi connectivity index (χ0) is 17.5. The Hall–Kier alpha value is -2.93. The molecule has 3 aromatic rings. The van der Waals surface area contributed by atoms with E-state index >= 15 is 0 Å². The zero-order valence-electron chi connectivity index (χ0n) is 13.6. The van der Waals surface area contributed by atoms with Gasteiger partial charge >= 0.3 is 0 Å². The monoisotopic (exact) mass is 355 g/mol. The van der Waals surface area contributed by atoms with Gasteiger partial charge in [0.15, 0.2) is 0 Å². The van der Waals surface area contributed by atoms with Gasteiger partial charge in [0.25, 0.3) is 5.91 Å². The molecule has 1 heterocycles. The number of hydrogen-bond acceptors (Lipinski definition) is 6. The average molecular weight is 355 g/mol. The first-order chi connectivity index (χ1) is 12.2. The zero-order valence-corrected chi connectivity index (χ0v) is 14.5. The molecule has 25 heavy (non-hydrogen) atoms. The molecule has 0 aliphatic rings. The van der Waals surface area contributed by atoms with E-state index in [0.717, 1.165) is 10.8 Å². The number of amides is 1. The van der Waals surface area contributed by atoms with Crippen molar-refractivity contribution >= 4 is 22.4 Å². The van der Waals surface area contributed by atoms with E-state index in [1.54, 1.807) is 31.4 Å². The summed E-state index contributed by atoms with van der Waals surface area (Å²) in [7, 11) is 1.56. The lowest BCUT2D eigenvalue weighted by molar-refractivity contribution is 0.102. The summed E-state index contributed by atoms with van der Waals surface area (Å²) in [6, 6.07) is 16.5. The van der Waals surface area contributed by atoms with Crippen LogP contribution in [0.15, 0.2) is 54.6 Å². The predicted octanol–water partition coefficient (Wildman–Crippen LogP) is 3.42. The molecule has 6 nitrogen and oxygen atoms in total. The fourth-order valence-electron chi connectivity index (χ4n) is 2.11. The first-order valence-corrected chi connectivity index (χ1v) is 8.52. The normalized spacial score (nSPS) is 10.3. The first kappa shape index (κ1) is 16.9. The molecule has 0 aliphatic heterocycles. The van der Waals surface area contributed by atoms with Gasteiger partial charge in [-0.25, -0.2) is 0 Å². The second kappa shape index (κ2) is 8.25. The molecule has 0 bridgehead atoms. The van der Waals surface area contributed by atoms with E-state index in [0.29, 0.717) is 29.5 Å². The van der Waals surface area contributed by atoms with Gasteiger partial charge in [0.2, 0.25) is 5.13 Å². The van der Waals surface area contributed by atoms with Crippen LogP contribution in [0.1, 0.15) is 15.4 Å². The van der Waals surface area contributed by atoms with Crippen LogP contribution in [0.25, 0.3) is 0 Å². The lowest BCUT2D eigenvalue weighted by Gasteiger charge is -2.04. The highest BCUT2D eigenvalue weighted by molar-refractivity contribution is 7.15. The molecule has 3 rings (SSSR count). The number of carbonyl (C=O) groups is 1. The lowest BCUT2D eigenvalue weighted by atomic mass is 10.2. The number of ether oxygens (including phenoxy) is 2. The topological polar surface area (TPSA) is 73.3 Å². The first-order valence-electron chi connectivity index (χ1n) is 7.70. The van der Waals surface area contributed by atoms with E-state index < -0.39 is 0 Å². The van der Waals surface area contributed by atoms with E-state index in [4.69, 9.17) is 9.47 Å². The minimum atomic E-state index is -0.248. The molecule has 1 aromatic heterocycles. The van der Waals surface area contributed by atoms with Crippen molar-refractivity contribution < 1.29 is 14.3 Å². The van der Waals surface area contributed by atoms with Crippen molar-refractivity contribution in [1.29, 1.82) is 0 Å². The Morgan fingerprint density at radius 3 is 2.68 bits per heavy atom. The minimum absolute atomic E-state index is 0.248. The second-order valence-electron chi connectivity index (χ2n) is 5.10. The van der Waals surface area contributed by atoms with Crippen LogP contribution in [-0.4, -0.2) is 29.8 Å². The van der Waals surface area contributed by atoms with E-state index in [2.05, 4.69) is 15.5 Å². The Bertz CT molecular complexity index is 836. The molecule has 0 saturated carbocycles. The standard InChI is InChI=1S/C18H17N3O3S/c1-23-15-9-5-6-13(12-15)17(22)19-18-21-20-16(25-18)10-11-24-14-7-3-2-4-8-14/h2-9,12H,10-11H2,1H3,(H,19,21,22). The molecular formula is C18H17N3O3S. The summed E-state index contributed by atoms with van der Waals surface area (Å²) in [4.78, 5) is 12.2. The fourth-order valence-corrected chi connectivity index (χ4v) is 2.83. The molecule has 0 aliphatic carbocycles. The van der Waals surface area contributed by atoms with Crippen molar-refractivity contribution in [3.8, 4) is 11.5 Å². The largest absolute Gasteiger partial charge is 0.497 e. The van der Waals surface area contributed by atoms with Crippen LogP contribution in [-0.2, 0) is 6.42 Å². The maximum atomic E-state index is 12.2. The number of methoxy groups -OCH3 is 1. The number of anilines is 1. The minimum Gasteiger partial charge on any atom is -0.497 e. The highest BCUT2D eigenvalue weighted by Crippen LogP contribution is 2.19. The van der Waals surface area contributed by atoms with Gasteiger partial charge in [-0.3, -0.25) is 10.1 Å². The molecule has 0 fully saturated rings. The molecule has 7 heteroatoms. The molecular weight excluding hydrogens is 338 g/mol. The van der Waals surface area contributed by atoms with Gasteiger partial charge in [0.1, 0.15) is 16.5 Å². The van der Waals surface area contributed by atoms with Crippen LogP contribution < -0.4 is 14.8 Å². The highest BCUT2D eigenvalue weighted by Gasteiger charge is 2.11. The summed E-state index contributed by atoms with van der Waals surface area (Å²) in [5, 5.41) is 12.1. The molecule has 1 N–H and O–H groups in total. The van der Waals surface area contributed by atoms with E-state index in [1.807, 2.05) is 30.3 Å². The number of para-hydroxylation sites is 1. The number of rotatable bonds is 7. The Labute approximate surface area is 149 Å². The van der Waals surface area contributed by atoms with Crippen molar-refractivity contribution in [1.82, 2.24) is 10.2 Å². The van der Waals surface area contributed by atoms with Crippen LogP contribution in [0.4, 0.5) is 5.13 Å². The van der Waals surface area contributed by atoms with Gasteiger partial charge in [0, 0.05) is 12.0 Å². The van der Waals surface area contributed by atoms with E-state index in [9.17, 15) is 4.79 Å². The van der Waals surface area contributed by atoms with Crippen molar-refractivity contribution in [2.24, 2.45) is 0 Å². The number of hydrogen-bond donors (Lipinski definition) is 1. The van der Waals surface area contributed by atoms with Crippen molar-refractivity contribution in [3.05, 3.63) is 65.2 Å². The van der Waals surface area contributed by atoms with Crippen LogP contribution in [0.5, 0.6) is 11.5 Å². The van der Waals surface area contributed by atoms with Crippen molar-refractivity contribution in [2.45, 2.75) is 6.42 Å². The molecule has 0 saturated heterocycles. The molecule has 0 radical (unpaired) electrons. The predicted molar refractivity (Wildman–Crippen MR) is 96.5 cm³/mol. The van der Waals surface area contributed by atoms with Crippen LogP contribution >= 0.6 is 11.3 Å². The van der Waals surface area contributed by atoms with Gasteiger partial charge < -0.3 is 9.47 Å². The molecule has 2 aromatic carbocycles. The Morgan fingerprint density at radius 1 is 1.08 bits per heavy atom. The molecule has 0 spiro atoms. The highest BCUT2D eigenvalue weighted by atomic mass is 32.1. The molecule has 128 valence electrons. The maximum absolute atomic E-state index is 12.2. The van der Waals surface area contributed by atoms with Crippen LogP contribution in [0.3, 0.4) is 0 Å². The van der Waals surface area contributed by atoms with Gasteiger partial charge in [0.05, 0.1) is 13.7 Å². The maximum Gasteiger partial charge on any atom is 0.257 e. The number of benzene rings is 2. The van der Waals surface area contributed by atoms with Gasteiger partial charge in [-0.15, -0.1) is 10.2 Å². The number of nitrogens with zero attached hydrogens (tertiary/aromatic N) is 2. The smallest absolute Gasteiger partial charge is 0.257 e. The van der Waals surface area contributed by atoms with Crippen molar-refractivity contribution in [2.75, 3.05) is 19.0 Å². The fraction of sp³-hybridized carbons (Fsp3) is 0.167. The third kappa shape index (κ3) is 4.77. The third-order valence-corrected chi connectivity index (χ3v) is 4.25. The summed E-state index contributed by atoms with van der Waals surface area (Å²) in [5.41, 5.74) is 0.503. The summed E-state index contributed by atoms with van der Waals surface area (Å²) < 4.78 is 10.8. The Morgan fingerprint density at radius 2 is 1.88 bits per heavy atom. The van der Waals surface area contributed by atoms with Crippen LogP contribution in [0, 0.1) is 0 Å². The van der Waals surface area contributed by atoms with Gasteiger partial charge in [-0.1, -0.05) is 35.6 Å². The third-order valence-electron chi connectivity index (χ3n) is 3.35. The summed E-state index contributed by atoms with van der Waals surface area (Å²) in [6.07, 6.45) is 0.627. The van der Waals surface area contributed by atoms with E-state index in [1.165, 1.54) is 11.3 Å². The van der Waals surface area contributed by atoms with Gasteiger partial charge in [-0.2, -0.15) is 0 Å². The quantitative estimate of drug-likeness (QED) is 0.703. The van der Waals surface area contributed by atoms with E-state index in [-0.39, 0.29) is 5.91 Å². The lowest BCUT2D eigenvalue weighted by Crippen LogP contribution is -2.11. The van der Waals surface area contributed by atoms with Crippen molar-refractivity contribution in [3.63, 3.8) is 0 Å². The second-order valence-corrected chi connectivity index (χ2v) is 6.16. The van der Waals surface area contributed by atoms with Gasteiger partial charge in [-0.05, 0) is 30.3 Å². The summed E-state index contributed by atoms with van der Waals surface area (Å²) in [6.45, 7) is 0.502. The Kier molecular flexibility index (Phi) is 5.58. The van der Waals surface area contributed by atoms with Crippen LogP contribution in [0.2, 0.25) is 0 Å². The summed E-state index contributed by atoms with van der Waals surface area (Å²) >= 11 is 1.34. The molecule has 0 unspecified atom stereocenters. The number of carbonyl (C=O) groups excluding carboxylic acids is 1. The Balaban J connectivity index is 1.53.